The van der Waals surface area contributed by atoms with E-state index in [1.165, 1.54) is 6.21 Å². The van der Waals surface area contributed by atoms with Gasteiger partial charge in [0.05, 0.1) is 26.0 Å². The van der Waals surface area contributed by atoms with E-state index in [9.17, 15) is 14.4 Å². The highest BCUT2D eigenvalue weighted by atomic mass is 35.5. The molecule has 1 aliphatic heterocycles. The van der Waals surface area contributed by atoms with Crippen molar-refractivity contribution >= 4 is 41.2 Å². The smallest absolute Gasteiger partial charge is 0.329 e. The van der Waals surface area contributed by atoms with Crippen molar-refractivity contribution in [2.45, 2.75) is 13.8 Å². The molecule has 3 rings (SSSR count). The molecule has 1 aliphatic rings. The lowest BCUT2D eigenvalue weighted by atomic mass is 10.2. The van der Waals surface area contributed by atoms with Crippen LogP contribution in [0.3, 0.4) is 0 Å². The molecule has 0 unspecified atom stereocenters. The van der Waals surface area contributed by atoms with E-state index in [1.807, 2.05) is 13.8 Å². The van der Waals surface area contributed by atoms with E-state index in [0.29, 0.717) is 60.7 Å². The Hall–Kier alpha value is -3.63. The van der Waals surface area contributed by atoms with Crippen LogP contribution >= 0.6 is 11.6 Å². The van der Waals surface area contributed by atoms with Gasteiger partial charge >= 0.3 is 11.8 Å². The van der Waals surface area contributed by atoms with Crippen molar-refractivity contribution in [1.82, 2.24) is 10.3 Å². The lowest BCUT2D eigenvalue weighted by Gasteiger charge is -2.26. The topological polar surface area (TPSA) is 119 Å². The molecule has 0 aromatic heterocycles. The van der Waals surface area contributed by atoms with Crippen molar-refractivity contribution in [2.24, 2.45) is 5.10 Å². The van der Waals surface area contributed by atoms with E-state index in [-0.39, 0.29) is 12.5 Å². The van der Waals surface area contributed by atoms with Gasteiger partial charge in [-0.25, -0.2) is 5.43 Å². The standard InChI is InChI=1S/C24H27ClN4O6/c1-3-34-21-12-17(5-7-20(21)35-15-22(30)29-8-10-33-11-9-29)14-26-28-24(32)23(31)27-18-6-4-16(2)19(25)13-18/h4-7,12-14H,3,8-11,15H2,1-2H3,(H,27,31)(H,28,32)/b26-14-. The van der Waals surface area contributed by atoms with Crippen LogP contribution in [-0.2, 0) is 19.1 Å². The summed E-state index contributed by atoms with van der Waals surface area (Å²) in [6, 6.07) is 9.91. The van der Waals surface area contributed by atoms with E-state index in [0.717, 1.165) is 5.56 Å². The maximum atomic E-state index is 12.3. The lowest BCUT2D eigenvalue weighted by Crippen LogP contribution is -2.43. The number of hydrogen-bond acceptors (Lipinski definition) is 7. The van der Waals surface area contributed by atoms with Crippen LogP contribution in [0.5, 0.6) is 11.5 Å². The number of carbonyl (C=O) groups excluding carboxylic acids is 3. The number of benzene rings is 2. The third-order valence-electron chi connectivity index (χ3n) is 5.00. The molecule has 11 heteroatoms. The lowest BCUT2D eigenvalue weighted by molar-refractivity contribution is -0.137. The average molecular weight is 503 g/mol. The second kappa shape index (κ2) is 12.7. The quantitative estimate of drug-likeness (QED) is 0.325. The molecule has 0 spiro atoms. The number of aryl methyl sites for hydroxylation is 1. The van der Waals surface area contributed by atoms with E-state index in [4.69, 9.17) is 25.8 Å². The summed E-state index contributed by atoms with van der Waals surface area (Å²) in [6.45, 7) is 6.03. The van der Waals surface area contributed by atoms with Gasteiger partial charge in [-0.15, -0.1) is 0 Å². The molecular formula is C24H27ClN4O6. The first-order valence-corrected chi connectivity index (χ1v) is 11.4. The molecule has 1 heterocycles. The summed E-state index contributed by atoms with van der Waals surface area (Å²) in [5.41, 5.74) is 4.01. The largest absolute Gasteiger partial charge is 0.490 e. The predicted octanol–water partition coefficient (Wildman–Crippen LogP) is 2.37. The first-order valence-electron chi connectivity index (χ1n) is 11.0. The second-order valence-corrected chi connectivity index (χ2v) is 7.95. The number of hydrazone groups is 1. The van der Waals surface area contributed by atoms with Crippen molar-refractivity contribution in [1.29, 1.82) is 0 Å². The van der Waals surface area contributed by atoms with Gasteiger partial charge < -0.3 is 24.4 Å². The minimum absolute atomic E-state index is 0.120. The number of nitrogens with zero attached hydrogens (tertiary/aromatic N) is 2. The van der Waals surface area contributed by atoms with Gasteiger partial charge in [0.2, 0.25) is 0 Å². The fourth-order valence-electron chi connectivity index (χ4n) is 3.11. The van der Waals surface area contributed by atoms with Gasteiger partial charge in [-0.2, -0.15) is 5.10 Å². The van der Waals surface area contributed by atoms with Crippen molar-refractivity contribution in [2.75, 3.05) is 44.8 Å². The predicted molar refractivity (Wildman–Crippen MR) is 131 cm³/mol. The van der Waals surface area contributed by atoms with E-state index >= 15 is 0 Å². The monoisotopic (exact) mass is 502 g/mol. The van der Waals surface area contributed by atoms with Crippen LogP contribution in [-0.4, -0.2) is 68.4 Å². The zero-order chi connectivity index (χ0) is 25.2. The van der Waals surface area contributed by atoms with Crippen molar-refractivity contribution < 1.29 is 28.6 Å². The molecule has 0 aliphatic carbocycles. The Labute approximate surface area is 208 Å². The molecule has 0 bridgehead atoms. The number of nitrogens with one attached hydrogen (secondary N) is 2. The fourth-order valence-corrected chi connectivity index (χ4v) is 3.29. The van der Waals surface area contributed by atoms with Gasteiger partial charge in [0.15, 0.2) is 18.1 Å². The van der Waals surface area contributed by atoms with E-state index < -0.39 is 11.8 Å². The van der Waals surface area contributed by atoms with Gasteiger partial charge in [-0.1, -0.05) is 17.7 Å². The second-order valence-electron chi connectivity index (χ2n) is 7.54. The van der Waals surface area contributed by atoms with Crippen LogP contribution in [0.2, 0.25) is 5.02 Å². The maximum Gasteiger partial charge on any atom is 0.329 e. The average Bonchev–Trinajstić information content (AvgIpc) is 2.86. The zero-order valence-corrected chi connectivity index (χ0v) is 20.3. The maximum absolute atomic E-state index is 12.3. The normalized spacial score (nSPS) is 13.4. The highest BCUT2D eigenvalue weighted by Gasteiger charge is 2.18. The Morgan fingerprint density at radius 3 is 2.57 bits per heavy atom. The zero-order valence-electron chi connectivity index (χ0n) is 19.5. The summed E-state index contributed by atoms with van der Waals surface area (Å²) in [6.07, 6.45) is 1.36. The van der Waals surface area contributed by atoms with Crippen LogP contribution in [0.4, 0.5) is 5.69 Å². The molecular weight excluding hydrogens is 476 g/mol. The third-order valence-corrected chi connectivity index (χ3v) is 5.41. The molecule has 0 radical (unpaired) electrons. The third kappa shape index (κ3) is 7.69. The summed E-state index contributed by atoms with van der Waals surface area (Å²) in [5.74, 6) is -1.12. The van der Waals surface area contributed by atoms with Gasteiger partial charge in [0.1, 0.15) is 0 Å². The number of morpholine rings is 1. The number of halogens is 1. The first-order chi connectivity index (χ1) is 16.9. The Kier molecular flexibility index (Phi) is 9.45. The highest BCUT2D eigenvalue weighted by Crippen LogP contribution is 2.28. The number of ether oxygens (including phenoxy) is 3. The number of carbonyl (C=O) groups is 3. The Bertz CT molecular complexity index is 1100. The van der Waals surface area contributed by atoms with Gasteiger partial charge in [-0.05, 0) is 55.3 Å². The SMILES string of the molecule is CCOc1cc(/C=N\NC(=O)C(=O)Nc2ccc(C)c(Cl)c2)ccc1OCC(=O)N1CCOCC1. The molecule has 0 saturated carbocycles. The molecule has 0 atom stereocenters. The van der Waals surface area contributed by atoms with Crippen molar-refractivity contribution in [3.63, 3.8) is 0 Å². The Morgan fingerprint density at radius 2 is 1.86 bits per heavy atom. The Balaban J connectivity index is 1.55. The molecule has 2 aromatic rings. The summed E-state index contributed by atoms with van der Waals surface area (Å²) in [4.78, 5) is 38.1. The van der Waals surface area contributed by atoms with Crippen LogP contribution in [0.15, 0.2) is 41.5 Å². The molecule has 10 nitrogen and oxygen atoms in total. The molecule has 2 aromatic carbocycles. The Morgan fingerprint density at radius 1 is 1.09 bits per heavy atom. The molecule has 1 fully saturated rings. The summed E-state index contributed by atoms with van der Waals surface area (Å²) in [5, 5.41) is 6.75. The van der Waals surface area contributed by atoms with Crippen molar-refractivity contribution in [3.8, 4) is 11.5 Å². The first kappa shape index (κ1) is 26.0. The van der Waals surface area contributed by atoms with Gasteiger partial charge in [0, 0.05) is 23.8 Å². The number of amides is 3. The number of anilines is 1. The summed E-state index contributed by atoms with van der Waals surface area (Å²) < 4.78 is 16.5. The molecule has 1 saturated heterocycles. The van der Waals surface area contributed by atoms with Gasteiger partial charge in [0.25, 0.3) is 5.91 Å². The highest BCUT2D eigenvalue weighted by molar-refractivity contribution is 6.39. The minimum atomic E-state index is -0.940. The van der Waals surface area contributed by atoms with E-state index in [1.54, 1.807) is 41.3 Å². The van der Waals surface area contributed by atoms with E-state index in [2.05, 4.69) is 15.8 Å². The number of hydrogen-bond donors (Lipinski definition) is 2. The molecule has 35 heavy (non-hydrogen) atoms. The van der Waals surface area contributed by atoms with Crippen molar-refractivity contribution in [3.05, 3.63) is 52.5 Å². The molecule has 186 valence electrons. The molecule has 3 amide bonds. The van der Waals surface area contributed by atoms with Crippen LogP contribution in [0.1, 0.15) is 18.1 Å². The summed E-state index contributed by atoms with van der Waals surface area (Å²) >= 11 is 6.03. The number of rotatable bonds is 8. The fraction of sp³-hybridized carbons (Fsp3) is 0.333. The van der Waals surface area contributed by atoms with Crippen LogP contribution in [0, 0.1) is 6.92 Å². The van der Waals surface area contributed by atoms with Crippen LogP contribution < -0.4 is 20.2 Å². The van der Waals surface area contributed by atoms with Crippen LogP contribution in [0.25, 0.3) is 0 Å². The summed E-state index contributed by atoms with van der Waals surface area (Å²) in [7, 11) is 0. The van der Waals surface area contributed by atoms with Gasteiger partial charge in [-0.3, -0.25) is 14.4 Å². The molecule has 2 N–H and O–H groups in total. The minimum Gasteiger partial charge on any atom is -0.490 e.